The van der Waals surface area contributed by atoms with Gasteiger partial charge in [0.25, 0.3) is 5.91 Å². The van der Waals surface area contributed by atoms with Crippen LogP contribution in [-0.2, 0) is 0 Å². The maximum Gasteiger partial charge on any atom is 0.255 e. The van der Waals surface area contributed by atoms with Gasteiger partial charge in [0.05, 0.1) is 11.1 Å². The molecule has 4 rings (SSSR count). The Labute approximate surface area is 171 Å². The predicted octanol–water partition coefficient (Wildman–Crippen LogP) is 4.41. The first kappa shape index (κ1) is 19.0. The second-order valence-corrected chi connectivity index (χ2v) is 8.56. The Hall–Kier alpha value is -2.29. The molecule has 1 aliphatic heterocycles. The number of hydrogen-bond donors (Lipinski definition) is 0. The monoisotopic (exact) mass is 391 g/mol. The van der Waals surface area contributed by atoms with Gasteiger partial charge in [0.15, 0.2) is 0 Å². The van der Waals surface area contributed by atoms with Crippen LogP contribution < -0.4 is 0 Å². The van der Waals surface area contributed by atoms with Crippen LogP contribution in [0.2, 0.25) is 0 Å². The molecule has 2 fully saturated rings. The van der Waals surface area contributed by atoms with E-state index in [1.165, 1.54) is 37.4 Å². The molecule has 0 N–H and O–H groups in total. The van der Waals surface area contributed by atoms with Gasteiger partial charge in [0, 0.05) is 42.0 Å². The van der Waals surface area contributed by atoms with Crippen LogP contribution in [0.5, 0.6) is 0 Å². The van der Waals surface area contributed by atoms with Crippen LogP contribution in [0, 0.1) is 11.3 Å². The summed E-state index contributed by atoms with van der Waals surface area (Å²) in [5.41, 5.74) is 1.37. The molecule has 0 unspecified atom stereocenters. The molecule has 0 aromatic heterocycles. The Morgan fingerprint density at radius 2 is 1.57 bits per heavy atom. The molecule has 0 spiro atoms. The number of amides is 1. The SMILES string of the molecule is N#Cc1ccccc1Sc1ccccc1C(=O)N1CCN(C2CCCC2)CC1. The molecule has 1 amide bonds. The Bertz CT molecular complexity index is 877. The van der Waals surface area contributed by atoms with Gasteiger partial charge < -0.3 is 4.90 Å². The fourth-order valence-corrected chi connectivity index (χ4v) is 5.25. The highest BCUT2D eigenvalue weighted by Crippen LogP contribution is 2.33. The second kappa shape index (κ2) is 8.81. The maximum atomic E-state index is 13.2. The fraction of sp³-hybridized carbons (Fsp3) is 0.391. The van der Waals surface area contributed by atoms with Gasteiger partial charge in [-0.15, -0.1) is 0 Å². The Morgan fingerprint density at radius 3 is 2.29 bits per heavy atom. The van der Waals surface area contributed by atoms with E-state index in [-0.39, 0.29) is 5.91 Å². The molecule has 0 radical (unpaired) electrons. The standard InChI is InChI=1S/C23H25N3OS/c24-17-18-7-1-5-11-21(18)28-22-12-6-4-10-20(22)23(27)26-15-13-25(14-16-26)19-8-2-3-9-19/h1,4-7,10-12,19H,2-3,8-9,13-16H2. The molecular weight excluding hydrogens is 366 g/mol. The first-order valence-electron chi connectivity index (χ1n) is 10.1. The normalized spacial score (nSPS) is 18.2. The van der Waals surface area contributed by atoms with Crippen molar-refractivity contribution < 1.29 is 4.79 Å². The zero-order valence-electron chi connectivity index (χ0n) is 16.0. The summed E-state index contributed by atoms with van der Waals surface area (Å²) >= 11 is 1.50. The van der Waals surface area contributed by atoms with E-state index in [2.05, 4.69) is 11.0 Å². The van der Waals surface area contributed by atoms with Crippen LogP contribution >= 0.6 is 11.8 Å². The zero-order valence-corrected chi connectivity index (χ0v) is 16.8. The Kier molecular flexibility index (Phi) is 5.99. The number of rotatable bonds is 4. The third-order valence-corrected chi connectivity index (χ3v) is 6.94. The Balaban J connectivity index is 1.47. The topological polar surface area (TPSA) is 47.3 Å². The number of piperazine rings is 1. The van der Waals surface area contributed by atoms with Gasteiger partial charge in [0.1, 0.15) is 6.07 Å². The van der Waals surface area contributed by atoms with Crippen molar-refractivity contribution in [3.63, 3.8) is 0 Å². The third-order valence-electron chi connectivity index (χ3n) is 5.79. The van der Waals surface area contributed by atoms with Crippen molar-refractivity contribution in [2.24, 2.45) is 0 Å². The third kappa shape index (κ3) is 4.09. The van der Waals surface area contributed by atoms with Crippen molar-refractivity contribution in [3.05, 3.63) is 59.7 Å². The lowest BCUT2D eigenvalue weighted by Gasteiger charge is -2.38. The summed E-state index contributed by atoms with van der Waals surface area (Å²) in [6.07, 6.45) is 5.31. The second-order valence-electron chi connectivity index (χ2n) is 7.47. The lowest BCUT2D eigenvalue weighted by atomic mass is 10.1. The minimum absolute atomic E-state index is 0.101. The molecule has 1 saturated carbocycles. The van der Waals surface area contributed by atoms with Crippen LogP contribution in [-0.4, -0.2) is 47.9 Å². The van der Waals surface area contributed by atoms with E-state index in [4.69, 9.17) is 0 Å². The van der Waals surface area contributed by atoms with Crippen molar-refractivity contribution in [2.45, 2.75) is 41.5 Å². The van der Waals surface area contributed by atoms with Gasteiger partial charge in [-0.05, 0) is 37.1 Å². The minimum atomic E-state index is 0.101. The summed E-state index contributed by atoms with van der Waals surface area (Å²) in [6.45, 7) is 3.54. The first-order chi connectivity index (χ1) is 13.8. The number of benzene rings is 2. The van der Waals surface area contributed by atoms with E-state index in [0.29, 0.717) is 5.56 Å². The highest BCUT2D eigenvalue weighted by molar-refractivity contribution is 7.99. The summed E-state index contributed by atoms with van der Waals surface area (Å²) < 4.78 is 0. The molecule has 0 bridgehead atoms. The summed E-state index contributed by atoms with van der Waals surface area (Å²) in [4.78, 5) is 19.6. The van der Waals surface area contributed by atoms with Crippen LogP contribution in [0.15, 0.2) is 58.3 Å². The molecule has 144 valence electrons. The lowest BCUT2D eigenvalue weighted by molar-refractivity contribution is 0.0570. The number of carbonyl (C=O) groups excluding carboxylic acids is 1. The summed E-state index contributed by atoms with van der Waals surface area (Å²) in [5.74, 6) is 0.101. The van der Waals surface area contributed by atoms with Crippen molar-refractivity contribution in [3.8, 4) is 6.07 Å². The van der Waals surface area contributed by atoms with Crippen molar-refractivity contribution in [1.29, 1.82) is 5.26 Å². The fourth-order valence-electron chi connectivity index (χ4n) is 4.23. The molecule has 1 heterocycles. The van der Waals surface area contributed by atoms with Crippen molar-refractivity contribution in [2.75, 3.05) is 26.2 Å². The van der Waals surface area contributed by atoms with Crippen molar-refractivity contribution in [1.82, 2.24) is 9.80 Å². The van der Waals surface area contributed by atoms with E-state index < -0.39 is 0 Å². The van der Waals surface area contributed by atoms with Gasteiger partial charge in [0.2, 0.25) is 0 Å². The smallest absolute Gasteiger partial charge is 0.255 e. The van der Waals surface area contributed by atoms with Crippen LogP contribution in [0.25, 0.3) is 0 Å². The van der Waals surface area contributed by atoms with Gasteiger partial charge in [-0.25, -0.2) is 0 Å². The molecule has 2 aromatic rings. The van der Waals surface area contributed by atoms with Gasteiger partial charge in [-0.3, -0.25) is 9.69 Å². The van der Waals surface area contributed by atoms with E-state index in [1.807, 2.05) is 53.4 Å². The Morgan fingerprint density at radius 1 is 0.929 bits per heavy atom. The molecule has 1 saturated heterocycles. The summed E-state index contributed by atoms with van der Waals surface area (Å²) in [6, 6.07) is 18.3. The van der Waals surface area contributed by atoms with Gasteiger partial charge in [-0.2, -0.15) is 5.26 Å². The number of hydrogen-bond acceptors (Lipinski definition) is 4. The minimum Gasteiger partial charge on any atom is -0.336 e. The quantitative estimate of drug-likeness (QED) is 0.775. The molecule has 28 heavy (non-hydrogen) atoms. The molecular formula is C23H25N3OS. The summed E-state index contributed by atoms with van der Waals surface area (Å²) in [7, 11) is 0. The summed E-state index contributed by atoms with van der Waals surface area (Å²) in [5, 5.41) is 9.35. The molecule has 5 heteroatoms. The van der Waals surface area contributed by atoms with Crippen LogP contribution in [0.4, 0.5) is 0 Å². The zero-order chi connectivity index (χ0) is 19.3. The number of carbonyl (C=O) groups is 1. The molecule has 4 nitrogen and oxygen atoms in total. The van der Waals surface area contributed by atoms with Crippen molar-refractivity contribution >= 4 is 17.7 Å². The molecule has 1 aliphatic carbocycles. The van der Waals surface area contributed by atoms with Gasteiger partial charge in [-0.1, -0.05) is 48.9 Å². The number of nitrogens with zero attached hydrogens (tertiary/aromatic N) is 3. The maximum absolute atomic E-state index is 13.2. The van der Waals surface area contributed by atoms with E-state index >= 15 is 0 Å². The molecule has 0 atom stereocenters. The van der Waals surface area contributed by atoms with Crippen LogP contribution in [0.3, 0.4) is 0 Å². The largest absolute Gasteiger partial charge is 0.336 e. The number of nitriles is 1. The predicted molar refractivity (Wildman–Crippen MR) is 111 cm³/mol. The lowest BCUT2D eigenvalue weighted by Crippen LogP contribution is -2.51. The van der Waals surface area contributed by atoms with E-state index in [1.54, 1.807) is 0 Å². The van der Waals surface area contributed by atoms with E-state index in [0.717, 1.165) is 47.6 Å². The molecule has 2 aliphatic rings. The first-order valence-corrected chi connectivity index (χ1v) is 10.9. The van der Waals surface area contributed by atoms with E-state index in [9.17, 15) is 10.1 Å². The van der Waals surface area contributed by atoms with Gasteiger partial charge >= 0.3 is 0 Å². The average molecular weight is 392 g/mol. The highest BCUT2D eigenvalue weighted by Gasteiger charge is 2.29. The van der Waals surface area contributed by atoms with Crippen LogP contribution in [0.1, 0.15) is 41.6 Å². The average Bonchev–Trinajstić information content (AvgIpc) is 3.29. The molecule has 2 aromatic carbocycles. The highest BCUT2D eigenvalue weighted by atomic mass is 32.2.